The minimum atomic E-state index is -0.490. The van der Waals surface area contributed by atoms with Gasteiger partial charge in [0.25, 0.3) is 5.56 Å². The summed E-state index contributed by atoms with van der Waals surface area (Å²) in [7, 11) is 0. The maximum atomic E-state index is 11.9. The van der Waals surface area contributed by atoms with Gasteiger partial charge in [0.15, 0.2) is 0 Å². The van der Waals surface area contributed by atoms with Crippen molar-refractivity contribution in [3.63, 3.8) is 0 Å². The van der Waals surface area contributed by atoms with Crippen molar-refractivity contribution in [3.05, 3.63) is 52.4 Å². The van der Waals surface area contributed by atoms with E-state index in [1.807, 2.05) is 37.3 Å². The fourth-order valence-corrected chi connectivity index (χ4v) is 1.90. The third kappa shape index (κ3) is 2.31. The third-order valence-electron chi connectivity index (χ3n) is 2.63. The molecule has 2 aromatic rings. The maximum absolute atomic E-state index is 11.9. The molecule has 0 amide bonds. The van der Waals surface area contributed by atoms with Crippen LogP contribution in [0.5, 0.6) is 0 Å². The number of para-hydroxylation sites is 1. The quantitative estimate of drug-likeness (QED) is 0.867. The molecule has 0 saturated heterocycles. The van der Waals surface area contributed by atoms with Crippen molar-refractivity contribution in [2.75, 3.05) is 0 Å². The van der Waals surface area contributed by atoms with Crippen LogP contribution in [0.15, 0.2) is 41.2 Å². The summed E-state index contributed by atoms with van der Waals surface area (Å²) in [6.45, 7) is 3.98. The van der Waals surface area contributed by atoms with Crippen LogP contribution in [0.25, 0.3) is 5.69 Å². The molecule has 1 N–H and O–H groups in total. The topological polar surface area (TPSA) is 47.2 Å². The summed E-state index contributed by atoms with van der Waals surface area (Å²) in [5, 5.41) is 9.47. The minimum absolute atomic E-state index is 0.0747. The normalized spacial score (nSPS) is 12.6. The highest BCUT2D eigenvalue weighted by Crippen LogP contribution is 2.08. The lowest BCUT2D eigenvalue weighted by Gasteiger charge is -2.15. The third-order valence-corrected chi connectivity index (χ3v) is 2.63. The molecule has 1 atom stereocenters. The number of benzene rings is 1. The first-order valence-corrected chi connectivity index (χ1v) is 5.62. The highest BCUT2D eigenvalue weighted by molar-refractivity contribution is 5.31. The van der Waals surface area contributed by atoms with Crippen molar-refractivity contribution in [1.82, 2.24) is 9.36 Å². The van der Waals surface area contributed by atoms with Gasteiger partial charge in [-0.3, -0.25) is 9.48 Å². The van der Waals surface area contributed by atoms with Gasteiger partial charge in [-0.05, 0) is 26.0 Å². The summed E-state index contributed by atoms with van der Waals surface area (Å²) in [6.07, 6.45) is -0.490. The van der Waals surface area contributed by atoms with Crippen LogP contribution in [0, 0.1) is 6.92 Å². The fraction of sp³-hybridized carbons (Fsp3) is 0.308. The number of aryl methyl sites for hydroxylation is 1. The van der Waals surface area contributed by atoms with E-state index in [-0.39, 0.29) is 5.56 Å². The van der Waals surface area contributed by atoms with Gasteiger partial charge in [-0.25, -0.2) is 4.68 Å². The van der Waals surface area contributed by atoms with Crippen molar-refractivity contribution in [2.24, 2.45) is 0 Å². The summed E-state index contributed by atoms with van der Waals surface area (Å²) in [5.74, 6) is 0. The molecule has 0 unspecified atom stereocenters. The standard InChI is InChI=1S/C13H16N2O2/c1-10-8-13(17)15(14(10)9-11(2)16)12-6-4-3-5-7-12/h3-8,11,16H,9H2,1-2H3/t11-/m1/s1. The Morgan fingerprint density at radius 1 is 1.29 bits per heavy atom. The number of rotatable bonds is 3. The van der Waals surface area contributed by atoms with Gasteiger partial charge in [0.1, 0.15) is 0 Å². The van der Waals surface area contributed by atoms with Crippen LogP contribution in [-0.2, 0) is 6.54 Å². The second-order valence-electron chi connectivity index (χ2n) is 4.20. The van der Waals surface area contributed by atoms with Crippen molar-refractivity contribution in [3.8, 4) is 5.69 Å². The van der Waals surface area contributed by atoms with Gasteiger partial charge in [0, 0.05) is 11.8 Å². The van der Waals surface area contributed by atoms with E-state index in [1.54, 1.807) is 22.4 Å². The molecule has 0 aliphatic heterocycles. The zero-order valence-electron chi connectivity index (χ0n) is 10.00. The van der Waals surface area contributed by atoms with Gasteiger partial charge in [-0.1, -0.05) is 18.2 Å². The molecule has 0 aliphatic carbocycles. The van der Waals surface area contributed by atoms with Crippen molar-refractivity contribution >= 4 is 0 Å². The van der Waals surface area contributed by atoms with Crippen molar-refractivity contribution in [2.45, 2.75) is 26.5 Å². The Morgan fingerprint density at radius 2 is 1.94 bits per heavy atom. The number of aliphatic hydroxyl groups excluding tert-OH is 1. The zero-order chi connectivity index (χ0) is 12.4. The predicted molar refractivity (Wildman–Crippen MR) is 66.4 cm³/mol. The molecule has 0 radical (unpaired) electrons. The van der Waals surface area contributed by atoms with Crippen LogP contribution in [-0.4, -0.2) is 20.6 Å². The first-order chi connectivity index (χ1) is 8.09. The average molecular weight is 232 g/mol. The van der Waals surface area contributed by atoms with Crippen LogP contribution in [0.3, 0.4) is 0 Å². The Balaban J connectivity index is 2.57. The van der Waals surface area contributed by atoms with E-state index < -0.39 is 6.10 Å². The second kappa shape index (κ2) is 4.59. The molecule has 17 heavy (non-hydrogen) atoms. The van der Waals surface area contributed by atoms with Gasteiger partial charge >= 0.3 is 0 Å². The first kappa shape index (κ1) is 11.7. The molecule has 1 aromatic carbocycles. The maximum Gasteiger partial charge on any atom is 0.271 e. The lowest BCUT2D eigenvalue weighted by molar-refractivity contribution is 0.164. The lowest BCUT2D eigenvalue weighted by atomic mass is 10.3. The molecule has 0 aliphatic rings. The summed E-state index contributed by atoms with van der Waals surface area (Å²) in [6, 6.07) is 11.0. The Kier molecular flexibility index (Phi) is 3.15. The summed E-state index contributed by atoms with van der Waals surface area (Å²) in [4.78, 5) is 11.9. The Labute approximate surface area is 99.7 Å². The van der Waals surface area contributed by atoms with Crippen molar-refractivity contribution < 1.29 is 5.11 Å². The summed E-state index contributed by atoms with van der Waals surface area (Å²) in [5.41, 5.74) is 1.58. The SMILES string of the molecule is Cc1cc(=O)n(-c2ccccc2)n1C[C@@H](C)O. The van der Waals surface area contributed by atoms with Gasteiger partial charge in [0.05, 0.1) is 18.3 Å². The largest absolute Gasteiger partial charge is 0.391 e. The molecule has 1 aromatic heterocycles. The Morgan fingerprint density at radius 3 is 2.53 bits per heavy atom. The van der Waals surface area contributed by atoms with Crippen LogP contribution < -0.4 is 5.56 Å². The van der Waals surface area contributed by atoms with Crippen LogP contribution in [0.1, 0.15) is 12.6 Å². The molecule has 90 valence electrons. The van der Waals surface area contributed by atoms with Crippen LogP contribution >= 0.6 is 0 Å². The van der Waals surface area contributed by atoms with E-state index >= 15 is 0 Å². The van der Waals surface area contributed by atoms with Crippen LogP contribution in [0.4, 0.5) is 0 Å². The number of hydrogen-bond donors (Lipinski definition) is 1. The van der Waals surface area contributed by atoms with Gasteiger partial charge in [0.2, 0.25) is 0 Å². The van der Waals surface area contributed by atoms with Crippen molar-refractivity contribution in [1.29, 1.82) is 0 Å². The number of aromatic nitrogens is 2. The van der Waals surface area contributed by atoms with E-state index in [2.05, 4.69) is 0 Å². The minimum Gasteiger partial charge on any atom is -0.391 e. The van der Waals surface area contributed by atoms with E-state index in [0.717, 1.165) is 11.4 Å². The van der Waals surface area contributed by atoms with E-state index in [0.29, 0.717) is 6.54 Å². The number of aliphatic hydroxyl groups is 1. The smallest absolute Gasteiger partial charge is 0.271 e. The van der Waals surface area contributed by atoms with E-state index in [1.165, 1.54) is 0 Å². The van der Waals surface area contributed by atoms with Gasteiger partial charge < -0.3 is 5.11 Å². The number of hydrogen-bond acceptors (Lipinski definition) is 2. The van der Waals surface area contributed by atoms with Crippen LogP contribution in [0.2, 0.25) is 0 Å². The molecule has 0 fully saturated rings. The Bertz CT molecular complexity index is 553. The summed E-state index contributed by atoms with van der Waals surface area (Å²) < 4.78 is 3.38. The molecule has 0 bridgehead atoms. The van der Waals surface area contributed by atoms with E-state index in [4.69, 9.17) is 0 Å². The molecule has 0 spiro atoms. The molecular formula is C13H16N2O2. The average Bonchev–Trinajstić information content (AvgIpc) is 2.54. The zero-order valence-corrected chi connectivity index (χ0v) is 10.00. The number of nitrogens with zero attached hydrogens (tertiary/aromatic N) is 2. The molecular weight excluding hydrogens is 216 g/mol. The van der Waals surface area contributed by atoms with Gasteiger partial charge in [-0.15, -0.1) is 0 Å². The summed E-state index contributed by atoms with van der Waals surface area (Å²) >= 11 is 0. The monoisotopic (exact) mass is 232 g/mol. The second-order valence-corrected chi connectivity index (χ2v) is 4.20. The molecule has 4 heteroatoms. The molecule has 0 saturated carbocycles. The first-order valence-electron chi connectivity index (χ1n) is 5.62. The molecule has 4 nitrogen and oxygen atoms in total. The fourth-order valence-electron chi connectivity index (χ4n) is 1.90. The Hall–Kier alpha value is -1.81. The lowest BCUT2D eigenvalue weighted by Crippen LogP contribution is -2.25. The molecule has 2 rings (SSSR count). The highest BCUT2D eigenvalue weighted by atomic mass is 16.3. The van der Waals surface area contributed by atoms with E-state index in [9.17, 15) is 9.90 Å². The highest BCUT2D eigenvalue weighted by Gasteiger charge is 2.11. The predicted octanol–water partition coefficient (Wildman–Crippen LogP) is 1.33. The molecule has 1 heterocycles. The van der Waals surface area contributed by atoms with Gasteiger partial charge in [-0.2, -0.15) is 0 Å².